The summed E-state index contributed by atoms with van der Waals surface area (Å²) in [6.07, 6.45) is 1.26. The lowest BCUT2D eigenvalue weighted by atomic mass is 9.95. The predicted molar refractivity (Wildman–Crippen MR) is 100 cm³/mol. The van der Waals surface area contributed by atoms with Gasteiger partial charge in [0.15, 0.2) is 0 Å². The van der Waals surface area contributed by atoms with Crippen LogP contribution in [0.3, 0.4) is 0 Å². The number of likely N-dealkylation sites (tertiary alicyclic amines) is 1. The number of hydrogen-bond acceptors (Lipinski definition) is 4. The van der Waals surface area contributed by atoms with Crippen LogP contribution in [-0.4, -0.2) is 85.4 Å². The Morgan fingerprint density at radius 3 is 2.26 bits per heavy atom. The van der Waals surface area contributed by atoms with Crippen molar-refractivity contribution in [2.24, 2.45) is 5.92 Å². The molecule has 0 atom stereocenters. The van der Waals surface area contributed by atoms with E-state index in [2.05, 4.69) is 0 Å². The molecule has 3 amide bonds. The van der Waals surface area contributed by atoms with Crippen molar-refractivity contribution in [1.82, 2.24) is 14.7 Å². The number of amides is 3. The van der Waals surface area contributed by atoms with Crippen LogP contribution in [0.4, 0.5) is 0 Å². The van der Waals surface area contributed by atoms with E-state index in [9.17, 15) is 14.4 Å². The Hall–Kier alpha value is -2.41. The summed E-state index contributed by atoms with van der Waals surface area (Å²) < 4.78 is 5.25. The molecule has 7 nitrogen and oxygen atoms in total. The van der Waals surface area contributed by atoms with Gasteiger partial charge in [0.1, 0.15) is 0 Å². The summed E-state index contributed by atoms with van der Waals surface area (Å²) in [5.74, 6) is -0.168. The minimum atomic E-state index is -0.132. The van der Waals surface area contributed by atoms with Crippen molar-refractivity contribution in [3.8, 4) is 0 Å². The summed E-state index contributed by atoms with van der Waals surface area (Å²) >= 11 is 0. The second-order valence-electron chi connectivity index (χ2n) is 7.12. The van der Waals surface area contributed by atoms with Gasteiger partial charge in [-0.25, -0.2) is 0 Å². The summed E-state index contributed by atoms with van der Waals surface area (Å²) in [7, 11) is 1.68. The lowest BCUT2D eigenvalue weighted by Crippen LogP contribution is -2.48. The molecule has 2 saturated heterocycles. The highest BCUT2D eigenvalue weighted by atomic mass is 16.5. The molecule has 0 saturated carbocycles. The number of piperidine rings is 1. The highest BCUT2D eigenvalue weighted by molar-refractivity contribution is 5.94. The highest BCUT2D eigenvalue weighted by Gasteiger charge is 2.30. The zero-order valence-corrected chi connectivity index (χ0v) is 15.8. The number of benzene rings is 1. The molecule has 0 unspecified atom stereocenters. The van der Waals surface area contributed by atoms with Gasteiger partial charge in [0.05, 0.1) is 19.8 Å². The van der Waals surface area contributed by atoms with E-state index < -0.39 is 0 Å². The summed E-state index contributed by atoms with van der Waals surface area (Å²) in [6, 6.07) is 9.21. The maximum absolute atomic E-state index is 12.7. The molecule has 2 heterocycles. The van der Waals surface area contributed by atoms with E-state index in [1.807, 2.05) is 30.3 Å². The van der Waals surface area contributed by atoms with Crippen molar-refractivity contribution < 1.29 is 19.1 Å². The largest absolute Gasteiger partial charge is 0.378 e. The second-order valence-corrected chi connectivity index (χ2v) is 7.12. The quantitative estimate of drug-likeness (QED) is 0.785. The Kier molecular flexibility index (Phi) is 6.45. The van der Waals surface area contributed by atoms with E-state index >= 15 is 0 Å². The molecular weight excluding hydrogens is 346 g/mol. The number of ether oxygens (including phenoxy) is 1. The van der Waals surface area contributed by atoms with Crippen molar-refractivity contribution in [1.29, 1.82) is 0 Å². The number of carbonyl (C=O) groups is 3. The van der Waals surface area contributed by atoms with E-state index in [0.29, 0.717) is 57.8 Å². The smallest absolute Gasteiger partial charge is 0.253 e. The Balaban J connectivity index is 1.47. The van der Waals surface area contributed by atoms with Crippen LogP contribution >= 0.6 is 0 Å². The average molecular weight is 373 g/mol. The molecule has 2 aliphatic heterocycles. The fourth-order valence-corrected chi connectivity index (χ4v) is 3.60. The predicted octanol–water partition coefficient (Wildman–Crippen LogP) is 0.856. The summed E-state index contributed by atoms with van der Waals surface area (Å²) in [4.78, 5) is 42.6. The van der Waals surface area contributed by atoms with Crippen LogP contribution in [-0.2, 0) is 14.3 Å². The molecule has 0 radical (unpaired) electrons. The Bertz CT molecular complexity index is 665. The molecule has 1 aromatic carbocycles. The highest BCUT2D eigenvalue weighted by Crippen LogP contribution is 2.21. The van der Waals surface area contributed by atoms with Crippen LogP contribution in [0.15, 0.2) is 30.3 Å². The lowest BCUT2D eigenvalue weighted by Gasteiger charge is -2.34. The third-order valence-electron chi connectivity index (χ3n) is 5.26. The van der Waals surface area contributed by atoms with Crippen LogP contribution in [0, 0.1) is 5.92 Å². The standard InChI is InChI=1S/C20H27N3O4/c1-21(15-18(24)22-11-13-27-14-12-22)19(25)17-7-9-23(10-8-17)20(26)16-5-3-2-4-6-16/h2-6,17H,7-15H2,1H3. The van der Waals surface area contributed by atoms with Crippen LogP contribution < -0.4 is 0 Å². The van der Waals surface area contributed by atoms with Gasteiger partial charge in [-0.1, -0.05) is 18.2 Å². The number of rotatable bonds is 4. The third-order valence-corrected chi connectivity index (χ3v) is 5.26. The molecule has 0 spiro atoms. The molecule has 2 fully saturated rings. The first-order valence-electron chi connectivity index (χ1n) is 9.51. The van der Waals surface area contributed by atoms with Crippen LogP contribution in [0.25, 0.3) is 0 Å². The van der Waals surface area contributed by atoms with E-state index in [1.165, 1.54) is 4.90 Å². The molecule has 2 aliphatic rings. The van der Waals surface area contributed by atoms with Crippen molar-refractivity contribution in [3.63, 3.8) is 0 Å². The second kappa shape index (κ2) is 8.99. The van der Waals surface area contributed by atoms with Gasteiger partial charge in [0, 0.05) is 44.7 Å². The first-order chi connectivity index (χ1) is 13.1. The van der Waals surface area contributed by atoms with Crippen molar-refractivity contribution in [3.05, 3.63) is 35.9 Å². The zero-order chi connectivity index (χ0) is 19.2. The molecule has 0 bridgehead atoms. The van der Waals surface area contributed by atoms with Gasteiger partial charge in [0.2, 0.25) is 11.8 Å². The Morgan fingerprint density at radius 2 is 1.63 bits per heavy atom. The van der Waals surface area contributed by atoms with E-state index in [0.717, 1.165) is 0 Å². The fourth-order valence-electron chi connectivity index (χ4n) is 3.60. The third kappa shape index (κ3) is 4.86. The maximum atomic E-state index is 12.7. The van der Waals surface area contributed by atoms with Gasteiger partial charge in [-0.15, -0.1) is 0 Å². The number of nitrogens with zero attached hydrogens (tertiary/aromatic N) is 3. The van der Waals surface area contributed by atoms with Gasteiger partial charge in [-0.05, 0) is 25.0 Å². The van der Waals surface area contributed by atoms with E-state index in [4.69, 9.17) is 4.74 Å². The SMILES string of the molecule is CN(CC(=O)N1CCOCC1)C(=O)C1CCN(C(=O)c2ccccc2)CC1. The van der Waals surface area contributed by atoms with Crippen LogP contribution in [0.2, 0.25) is 0 Å². The van der Waals surface area contributed by atoms with Gasteiger partial charge < -0.3 is 19.4 Å². The average Bonchev–Trinajstić information content (AvgIpc) is 2.74. The first kappa shape index (κ1) is 19.4. The van der Waals surface area contributed by atoms with Crippen molar-refractivity contribution in [2.45, 2.75) is 12.8 Å². The molecule has 7 heteroatoms. The number of likely N-dealkylation sites (N-methyl/N-ethyl adjacent to an activating group) is 1. The minimum absolute atomic E-state index is 0.0107. The maximum Gasteiger partial charge on any atom is 0.253 e. The van der Waals surface area contributed by atoms with Gasteiger partial charge in [0.25, 0.3) is 5.91 Å². The van der Waals surface area contributed by atoms with Crippen molar-refractivity contribution >= 4 is 17.7 Å². The molecule has 0 N–H and O–H groups in total. The molecule has 1 aromatic rings. The van der Waals surface area contributed by atoms with Gasteiger partial charge in [-0.3, -0.25) is 14.4 Å². The molecular formula is C20H27N3O4. The van der Waals surface area contributed by atoms with E-state index in [-0.39, 0.29) is 30.2 Å². The van der Waals surface area contributed by atoms with Crippen LogP contribution in [0.1, 0.15) is 23.2 Å². The molecule has 3 rings (SSSR count). The van der Waals surface area contributed by atoms with E-state index in [1.54, 1.807) is 16.8 Å². The zero-order valence-electron chi connectivity index (χ0n) is 15.8. The first-order valence-corrected chi connectivity index (χ1v) is 9.51. The van der Waals surface area contributed by atoms with Crippen molar-refractivity contribution in [2.75, 3.05) is 53.0 Å². The summed E-state index contributed by atoms with van der Waals surface area (Å²) in [5, 5.41) is 0. The number of hydrogen-bond donors (Lipinski definition) is 0. The normalized spacial score (nSPS) is 18.3. The Labute approximate surface area is 159 Å². The van der Waals surface area contributed by atoms with Crippen LogP contribution in [0.5, 0.6) is 0 Å². The summed E-state index contributed by atoms with van der Waals surface area (Å²) in [5.41, 5.74) is 0.676. The lowest BCUT2D eigenvalue weighted by molar-refractivity contribution is -0.144. The molecule has 146 valence electrons. The Morgan fingerprint density at radius 1 is 1.00 bits per heavy atom. The van der Waals surface area contributed by atoms with Gasteiger partial charge >= 0.3 is 0 Å². The molecule has 27 heavy (non-hydrogen) atoms. The molecule has 0 aliphatic carbocycles. The number of carbonyl (C=O) groups excluding carboxylic acids is 3. The van der Waals surface area contributed by atoms with Gasteiger partial charge in [-0.2, -0.15) is 0 Å². The minimum Gasteiger partial charge on any atom is -0.378 e. The monoisotopic (exact) mass is 373 g/mol. The topological polar surface area (TPSA) is 70.2 Å². The number of morpholine rings is 1. The molecule has 0 aromatic heterocycles. The summed E-state index contributed by atoms with van der Waals surface area (Å²) in [6.45, 7) is 3.50. The fraction of sp³-hybridized carbons (Fsp3) is 0.550.